The Morgan fingerprint density at radius 2 is 2.41 bits per heavy atom. The molecule has 1 atom stereocenters. The lowest BCUT2D eigenvalue weighted by Gasteiger charge is -2.23. The number of amides is 2. The van der Waals surface area contributed by atoms with Gasteiger partial charge in [-0.25, -0.2) is 4.79 Å². The zero-order valence-corrected chi connectivity index (χ0v) is 10.9. The normalized spacial score (nSPS) is 19.9. The average molecular weight is 253 g/mol. The Labute approximate surface area is 106 Å². The topological polar surface area (TPSA) is 53.2 Å². The van der Waals surface area contributed by atoms with Gasteiger partial charge in [-0.1, -0.05) is 6.42 Å². The number of urea groups is 1. The molecule has 0 saturated carbocycles. The van der Waals surface area contributed by atoms with Gasteiger partial charge in [-0.3, -0.25) is 5.32 Å². The Morgan fingerprint density at radius 3 is 3.06 bits per heavy atom. The highest BCUT2D eigenvalue weighted by Crippen LogP contribution is 2.20. The second-order valence-electron chi connectivity index (χ2n) is 4.39. The molecule has 94 valence electrons. The summed E-state index contributed by atoms with van der Waals surface area (Å²) in [5, 5.41) is 10.0. The molecule has 1 aliphatic heterocycles. The molecule has 5 heteroatoms. The number of thiophene rings is 1. The lowest BCUT2D eigenvalue weighted by atomic mass is 10.1. The summed E-state index contributed by atoms with van der Waals surface area (Å²) in [5.41, 5.74) is 0. The fourth-order valence-electron chi connectivity index (χ4n) is 1.97. The van der Waals surface area contributed by atoms with E-state index >= 15 is 0 Å². The van der Waals surface area contributed by atoms with Crippen LogP contribution in [0.4, 0.5) is 9.80 Å². The molecule has 0 aromatic carbocycles. The van der Waals surface area contributed by atoms with E-state index in [0.717, 1.165) is 18.0 Å². The molecule has 4 nitrogen and oxygen atoms in total. The van der Waals surface area contributed by atoms with Crippen LogP contribution in [-0.2, 0) is 0 Å². The summed E-state index contributed by atoms with van der Waals surface area (Å²) in [4.78, 5) is 12.8. The largest absolute Gasteiger partial charge is 0.336 e. The molecule has 0 radical (unpaired) electrons. The number of hydrogen-bond acceptors (Lipinski definition) is 3. The van der Waals surface area contributed by atoms with Crippen LogP contribution in [0.1, 0.15) is 24.1 Å². The molecule has 1 saturated heterocycles. The van der Waals surface area contributed by atoms with E-state index in [0.29, 0.717) is 12.6 Å². The smallest absolute Gasteiger partial charge is 0.319 e. The number of anilines is 1. The molecule has 0 aliphatic carbocycles. The Balaban J connectivity index is 1.70. The molecule has 3 N–H and O–H groups in total. The molecule has 2 heterocycles. The summed E-state index contributed by atoms with van der Waals surface area (Å²) in [6, 6.07) is 4.25. The molecular formula is C12H19N3OS. The van der Waals surface area contributed by atoms with Crippen LogP contribution in [0, 0.1) is 6.92 Å². The monoisotopic (exact) mass is 253 g/mol. The number of aryl methyl sites for hydroxylation is 1. The Bertz CT molecular complexity index is 372. The maximum absolute atomic E-state index is 11.6. The van der Waals surface area contributed by atoms with Crippen molar-refractivity contribution in [2.45, 2.75) is 32.2 Å². The van der Waals surface area contributed by atoms with Crippen molar-refractivity contribution >= 4 is 22.4 Å². The van der Waals surface area contributed by atoms with Crippen LogP contribution in [0.5, 0.6) is 0 Å². The first-order chi connectivity index (χ1) is 8.24. The van der Waals surface area contributed by atoms with Gasteiger partial charge < -0.3 is 10.6 Å². The average Bonchev–Trinajstić information content (AvgIpc) is 2.73. The van der Waals surface area contributed by atoms with Gasteiger partial charge >= 0.3 is 6.03 Å². The van der Waals surface area contributed by atoms with Crippen LogP contribution in [0.25, 0.3) is 0 Å². The summed E-state index contributed by atoms with van der Waals surface area (Å²) >= 11 is 1.59. The molecule has 1 aromatic heterocycles. The lowest BCUT2D eigenvalue weighted by Crippen LogP contribution is -2.44. The summed E-state index contributed by atoms with van der Waals surface area (Å²) in [5.74, 6) is 0. The lowest BCUT2D eigenvalue weighted by molar-refractivity contribution is 0.249. The maximum Gasteiger partial charge on any atom is 0.319 e. The zero-order valence-electron chi connectivity index (χ0n) is 10.1. The second-order valence-corrected chi connectivity index (χ2v) is 5.68. The fraction of sp³-hybridized carbons (Fsp3) is 0.583. The quantitative estimate of drug-likeness (QED) is 0.774. The van der Waals surface area contributed by atoms with Crippen molar-refractivity contribution in [1.29, 1.82) is 0 Å². The molecule has 17 heavy (non-hydrogen) atoms. The van der Waals surface area contributed by atoms with Crippen LogP contribution in [0.3, 0.4) is 0 Å². The number of carbonyl (C=O) groups is 1. The number of nitrogens with one attached hydrogen (secondary N) is 3. The van der Waals surface area contributed by atoms with Crippen molar-refractivity contribution in [2.24, 2.45) is 0 Å². The molecule has 1 aromatic rings. The van der Waals surface area contributed by atoms with Crippen LogP contribution >= 0.6 is 11.3 Å². The van der Waals surface area contributed by atoms with E-state index in [-0.39, 0.29) is 6.03 Å². The molecule has 1 aliphatic rings. The number of hydrogen-bond donors (Lipinski definition) is 3. The fourth-order valence-corrected chi connectivity index (χ4v) is 2.73. The van der Waals surface area contributed by atoms with Crippen molar-refractivity contribution in [3.05, 3.63) is 17.0 Å². The summed E-state index contributed by atoms with van der Waals surface area (Å²) in [7, 11) is 0. The van der Waals surface area contributed by atoms with E-state index in [1.54, 1.807) is 11.3 Å². The van der Waals surface area contributed by atoms with Gasteiger partial charge in [-0.15, -0.1) is 11.3 Å². The molecule has 1 fully saturated rings. The van der Waals surface area contributed by atoms with Gasteiger partial charge in [0, 0.05) is 17.5 Å². The highest BCUT2D eigenvalue weighted by Gasteiger charge is 2.13. The first kappa shape index (κ1) is 12.4. The Morgan fingerprint density at radius 1 is 1.53 bits per heavy atom. The maximum atomic E-state index is 11.6. The van der Waals surface area contributed by atoms with Crippen molar-refractivity contribution in [3.63, 3.8) is 0 Å². The third kappa shape index (κ3) is 4.02. The van der Waals surface area contributed by atoms with E-state index in [1.165, 1.54) is 17.7 Å². The number of carbonyl (C=O) groups excluding carboxylic acids is 1. The second kappa shape index (κ2) is 6.02. The summed E-state index contributed by atoms with van der Waals surface area (Å²) in [6.45, 7) is 3.80. The van der Waals surface area contributed by atoms with Crippen LogP contribution in [0.15, 0.2) is 12.1 Å². The van der Waals surface area contributed by atoms with Crippen molar-refractivity contribution in [2.75, 3.05) is 18.4 Å². The number of piperidine rings is 1. The minimum Gasteiger partial charge on any atom is -0.336 e. The minimum atomic E-state index is -0.112. The van der Waals surface area contributed by atoms with Crippen LogP contribution < -0.4 is 16.0 Å². The summed E-state index contributed by atoms with van der Waals surface area (Å²) < 4.78 is 0. The molecular weight excluding hydrogens is 234 g/mol. The van der Waals surface area contributed by atoms with Crippen LogP contribution in [-0.4, -0.2) is 25.2 Å². The molecule has 1 unspecified atom stereocenters. The first-order valence-corrected chi connectivity index (χ1v) is 6.90. The van der Waals surface area contributed by atoms with E-state index in [4.69, 9.17) is 0 Å². The van der Waals surface area contributed by atoms with Crippen molar-refractivity contribution in [1.82, 2.24) is 10.6 Å². The van der Waals surface area contributed by atoms with Gasteiger partial charge in [-0.2, -0.15) is 0 Å². The van der Waals surface area contributed by atoms with Crippen molar-refractivity contribution in [3.8, 4) is 0 Å². The van der Waals surface area contributed by atoms with Gasteiger partial charge in [0.1, 0.15) is 0 Å². The predicted octanol–water partition coefficient (Wildman–Crippen LogP) is 2.32. The predicted molar refractivity (Wildman–Crippen MR) is 71.7 cm³/mol. The molecule has 0 spiro atoms. The Kier molecular flexibility index (Phi) is 4.39. The standard InChI is InChI=1S/C12H19N3OS/c1-9-5-6-11(17-9)15-12(16)14-8-10-4-2-3-7-13-10/h5-6,10,13H,2-4,7-8H2,1H3,(H2,14,15,16). The minimum absolute atomic E-state index is 0.112. The molecule has 0 bridgehead atoms. The highest BCUT2D eigenvalue weighted by atomic mass is 32.1. The third-order valence-electron chi connectivity index (χ3n) is 2.90. The van der Waals surface area contributed by atoms with E-state index in [2.05, 4.69) is 16.0 Å². The van der Waals surface area contributed by atoms with Gasteiger partial charge in [-0.05, 0) is 38.4 Å². The van der Waals surface area contributed by atoms with Gasteiger partial charge in [0.05, 0.1) is 5.00 Å². The van der Waals surface area contributed by atoms with E-state index in [1.807, 2.05) is 19.1 Å². The Hall–Kier alpha value is -1.07. The van der Waals surface area contributed by atoms with Gasteiger partial charge in [0.25, 0.3) is 0 Å². The molecule has 2 rings (SSSR count). The summed E-state index contributed by atoms with van der Waals surface area (Å²) in [6.07, 6.45) is 3.65. The third-order valence-corrected chi connectivity index (χ3v) is 3.81. The molecule has 2 amide bonds. The van der Waals surface area contributed by atoms with E-state index < -0.39 is 0 Å². The van der Waals surface area contributed by atoms with Crippen LogP contribution in [0.2, 0.25) is 0 Å². The SMILES string of the molecule is Cc1ccc(NC(=O)NCC2CCCCN2)s1. The number of rotatable bonds is 3. The first-order valence-electron chi connectivity index (χ1n) is 6.09. The van der Waals surface area contributed by atoms with Gasteiger partial charge in [0.2, 0.25) is 0 Å². The van der Waals surface area contributed by atoms with E-state index in [9.17, 15) is 4.79 Å². The zero-order chi connectivity index (χ0) is 12.1. The van der Waals surface area contributed by atoms with Gasteiger partial charge in [0.15, 0.2) is 0 Å². The van der Waals surface area contributed by atoms with Crippen molar-refractivity contribution < 1.29 is 4.79 Å². The highest BCUT2D eigenvalue weighted by molar-refractivity contribution is 7.16.